The van der Waals surface area contributed by atoms with E-state index < -0.39 is 72.4 Å². The summed E-state index contributed by atoms with van der Waals surface area (Å²) in [4.78, 5) is 2.82. The summed E-state index contributed by atoms with van der Waals surface area (Å²) in [5, 5.41) is 64.4. The molecular formula is C18H30IN3O10. The summed E-state index contributed by atoms with van der Waals surface area (Å²) >= 11 is 1.82. The Morgan fingerprint density at radius 3 is 2.03 bits per heavy atom. The molecule has 2 heterocycles. The summed E-state index contributed by atoms with van der Waals surface area (Å²) < 4.78 is 22.0. The fourth-order valence-corrected chi connectivity index (χ4v) is 4.96. The molecule has 4 unspecified atom stereocenters. The van der Waals surface area contributed by atoms with Crippen molar-refractivity contribution in [2.24, 2.45) is 5.11 Å². The lowest BCUT2D eigenvalue weighted by molar-refractivity contribution is -0.347. The van der Waals surface area contributed by atoms with Gasteiger partial charge in [0.05, 0.1) is 29.3 Å². The molecule has 0 amide bonds. The molecule has 2 saturated heterocycles. The first-order valence-electron chi connectivity index (χ1n) is 10.5. The molecule has 0 aromatic carbocycles. The second-order valence-corrected chi connectivity index (χ2v) is 9.67. The quantitative estimate of drug-likeness (QED) is 0.0695. The minimum atomic E-state index is -1.45. The van der Waals surface area contributed by atoms with Crippen molar-refractivity contribution in [2.45, 2.75) is 97.1 Å². The lowest BCUT2D eigenvalue weighted by Gasteiger charge is -2.46. The summed E-state index contributed by atoms with van der Waals surface area (Å²) in [6, 6.07) is -0.106. The molecule has 13 nitrogen and oxygen atoms in total. The maximum Gasteiger partial charge on any atom is 0.186 e. The topological polar surface area (TPSA) is 207 Å². The minimum Gasteiger partial charge on any atom is -0.394 e. The van der Waals surface area contributed by atoms with Crippen LogP contribution in [-0.2, 0) is 18.9 Å². The molecule has 1 saturated carbocycles. The second-order valence-electron chi connectivity index (χ2n) is 8.23. The van der Waals surface area contributed by atoms with E-state index in [1.165, 1.54) is 0 Å². The number of aliphatic hydroxyl groups excluding tert-OH is 6. The standard InChI is InChI=1S/C18H30IN3O10/c19-11-14(27)12(25)9(5-23)30-17(11)32-16-13(26)10(6-24)31-18(15(16)28)29-8-3-1-7(2-4-8)21-22-20/h7-18,23-28H,1-6H2/t7?,8?,9-,10?,11?,12+,13+,14?,15+,16?,17+,18+/m0/s1. The Balaban J connectivity index is 1.67. The van der Waals surface area contributed by atoms with Gasteiger partial charge in [-0.05, 0) is 31.2 Å². The molecule has 0 spiro atoms. The molecular weight excluding hydrogens is 545 g/mol. The van der Waals surface area contributed by atoms with Crippen LogP contribution in [0.4, 0.5) is 0 Å². The van der Waals surface area contributed by atoms with Gasteiger partial charge in [0.2, 0.25) is 0 Å². The zero-order valence-electron chi connectivity index (χ0n) is 17.2. The summed E-state index contributed by atoms with van der Waals surface area (Å²) in [5.41, 5.74) is 8.57. The van der Waals surface area contributed by atoms with Gasteiger partial charge in [-0.1, -0.05) is 27.7 Å². The highest BCUT2D eigenvalue weighted by molar-refractivity contribution is 14.1. The van der Waals surface area contributed by atoms with E-state index in [9.17, 15) is 30.6 Å². The van der Waals surface area contributed by atoms with Crippen molar-refractivity contribution in [1.29, 1.82) is 0 Å². The SMILES string of the molecule is [N-]=[N+]=NC1CCC(O[C@@H]2OC(CO)[C@@H](O)C(O[C@H]3O[C@@H](CO)[C@@H](O)C(O)C3I)[C@H]2O)CC1. The van der Waals surface area contributed by atoms with Crippen molar-refractivity contribution in [3.05, 3.63) is 10.4 Å². The first-order valence-corrected chi connectivity index (χ1v) is 11.8. The third-order valence-corrected chi connectivity index (χ3v) is 7.43. The van der Waals surface area contributed by atoms with Crippen LogP contribution in [0.2, 0.25) is 0 Å². The van der Waals surface area contributed by atoms with E-state index >= 15 is 0 Å². The van der Waals surface area contributed by atoms with Crippen LogP contribution >= 0.6 is 22.6 Å². The summed E-state index contributed by atoms with van der Waals surface area (Å²) in [7, 11) is 0. The Labute approximate surface area is 198 Å². The third-order valence-electron chi connectivity index (χ3n) is 6.10. The molecule has 2 aliphatic heterocycles. The maximum atomic E-state index is 10.8. The largest absolute Gasteiger partial charge is 0.394 e. The second kappa shape index (κ2) is 11.9. The number of nitrogens with zero attached hydrogens (tertiary/aromatic N) is 3. The fourth-order valence-electron chi connectivity index (χ4n) is 4.20. The smallest absolute Gasteiger partial charge is 0.186 e. The molecule has 1 aliphatic carbocycles. The van der Waals surface area contributed by atoms with Gasteiger partial charge < -0.3 is 49.6 Å². The molecule has 3 aliphatic rings. The fraction of sp³-hybridized carbons (Fsp3) is 1.00. The molecule has 3 rings (SSSR count). The number of alkyl halides is 1. The Kier molecular flexibility index (Phi) is 9.73. The van der Waals surface area contributed by atoms with E-state index in [0.29, 0.717) is 25.7 Å². The molecule has 3 fully saturated rings. The van der Waals surface area contributed by atoms with Crippen LogP contribution in [0.15, 0.2) is 5.11 Å². The van der Waals surface area contributed by atoms with Crippen LogP contribution in [0.5, 0.6) is 0 Å². The number of hydrogen-bond acceptors (Lipinski definition) is 11. The molecule has 0 bridgehead atoms. The van der Waals surface area contributed by atoms with Gasteiger partial charge in [-0.3, -0.25) is 0 Å². The van der Waals surface area contributed by atoms with Gasteiger partial charge in [-0.25, -0.2) is 0 Å². The highest BCUT2D eigenvalue weighted by Crippen LogP contribution is 2.34. The van der Waals surface area contributed by atoms with Crippen LogP contribution in [-0.4, -0.2) is 115 Å². The predicted octanol–water partition coefficient (Wildman–Crippen LogP) is -1.31. The first-order chi connectivity index (χ1) is 15.3. The van der Waals surface area contributed by atoms with Gasteiger partial charge in [-0.2, -0.15) is 0 Å². The van der Waals surface area contributed by atoms with Crippen molar-refractivity contribution in [1.82, 2.24) is 0 Å². The number of halogens is 1. The minimum absolute atomic E-state index is 0.106. The molecule has 10 atom stereocenters. The Hall–Kier alpha value is -0.360. The van der Waals surface area contributed by atoms with Gasteiger partial charge in [0.1, 0.15) is 36.6 Å². The molecule has 14 heteroatoms. The van der Waals surface area contributed by atoms with E-state index in [2.05, 4.69) is 10.0 Å². The van der Waals surface area contributed by atoms with Crippen molar-refractivity contribution in [2.75, 3.05) is 13.2 Å². The van der Waals surface area contributed by atoms with E-state index in [1.807, 2.05) is 22.6 Å². The van der Waals surface area contributed by atoms with E-state index in [-0.39, 0.29) is 12.1 Å². The van der Waals surface area contributed by atoms with E-state index in [1.54, 1.807) is 0 Å². The van der Waals surface area contributed by atoms with E-state index in [0.717, 1.165) is 0 Å². The van der Waals surface area contributed by atoms with Gasteiger partial charge >= 0.3 is 0 Å². The summed E-state index contributed by atoms with van der Waals surface area (Å²) in [5.74, 6) is 0. The Morgan fingerprint density at radius 2 is 1.44 bits per heavy atom. The molecule has 0 aromatic heterocycles. The maximum absolute atomic E-state index is 10.8. The van der Waals surface area contributed by atoms with Crippen LogP contribution in [0.25, 0.3) is 10.4 Å². The average molecular weight is 575 g/mol. The van der Waals surface area contributed by atoms with Crippen molar-refractivity contribution >= 4 is 22.6 Å². The number of hydrogen-bond donors (Lipinski definition) is 6. The molecule has 0 radical (unpaired) electrons. The predicted molar refractivity (Wildman–Crippen MR) is 114 cm³/mol. The number of rotatable bonds is 7. The van der Waals surface area contributed by atoms with E-state index in [4.69, 9.17) is 24.5 Å². The van der Waals surface area contributed by atoms with Gasteiger partial charge in [0, 0.05) is 11.0 Å². The monoisotopic (exact) mass is 575 g/mol. The number of azide groups is 1. The van der Waals surface area contributed by atoms with Crippen molar-refractivity contribution in [3.8, 4) is 0 Å². The highest BCUT2D eigenvalue weighted by atomic mass is 127. The normalized spacial score (nSPS) is 47.6. The Bertz CT molecular complexity index is 648. The third kappa shape index (κ3) is 5.82. The van der Waals surface area contributed by atoms with Crippen LogP contribution in [0.3, 0.4) is 0 Å². The molecule has 0 aromatic rings. The molecule has 184 valence electrons. The van der Waals surface area contributed by atoms with Gasteiger partial charge in [0.25, 0.3) is 0 Å². The Morgan fingerprint density at radius 1 is 0.844 bits per heavy atom. The lowest BCUT2D eigenvalue weighted by Crippen LogP contribution is -2.64. The van der Waals surface area contributed by atoms with Gasteiger partial charge in [-0.15, -0.1) is 0 Å². The number of ether oxygens (including phenoxy) is 4. The summed E-state index contributed by atoms with van der Waals surface area (Å²) in [6.45, 7) is -1.12. The summed E-state index contributed by atoms with van der Waals surface area (Å²) in [6.07, 6.45) is -9.24. The van der Waals surface area contributed by atoms with Crippen LogP contribution in [0.1, 0.15) is 25.7 Å². The first kappa shape index (κ1) is 26.2. The van der Waals surface area contributed by atoms with Gasteiger partial charge in [0.15, 0.2) is 12.6 Å². The zero-order valence-corrected chi connectivity index (χ0v) is 19.4. The number of aliphatic hydroxyl groups is 6. The molecule has 32 heavy (non-hydrogen) atoms. The lowest BCUT2D eigenvalue weighted by atomic mass is 9.93. The highest BCUT2D eigenvalue weighted by Gasteiger charge is 2.51. The van der Waals surface area contributed by atoms with Crippen molar-refractivity contribution < 1.29 is 49.6 Å². The van der Waals surface area contributed by atoms with Crippen LogP contribution in [0, 0.1) is 0 Å². The van der Waals surface area contributed by atoms with Crippen molar-refractivity contribution in [3.63, 3.8) is 0 Å². The average Bonchev–Trinajstić information content (AvgIpc) is 2.79. The molecule has 6 N–H and O–H groups in total. The zero-order chi connectivity index (χ0) is 23.4. The van der Waals surface area contributed by atoms with Crippen LogP contribution < -0.4 is 0 Å².